The van der Waals surface area contributed by atoms with Crippen molar-refractivity contribution in [2.24, 2.45) is 0 Å². The predicted molar refractivity (Wildman–Crippen MR) is 67.7 cm³/mol. The number of thiazole rings is 1. The Morgan fingerprint density at radius 3 is 2.80 bits per heavy atom. The van der Waals surface area contributed by atoms with Crippen molar-refractivity contribution in [2.75, 3.05) is 0 Å². The highest BCUT2D eigenvalue weighted by molar-refractivity contribution is 7.18. The average Bonchev–Trinajstić information content (AvgIpc) is 2.69. The summed E-state index contributed by atoms with van der Waals surface area (Å²) in [5.41, 5.74) is 2.60. The Morgan fingerprint density at radius 2 is 2.13 bits per heavy atom. The van der Waals surface area contributed by atoms with Crippen molar-refractivity contribution in [1.82, 2.24) is 4.98 Å². The van der Waals surface area contributed by atoms with Gasteiger partial charge in [0.25, 0.3) is 0 Å². The van der Waals surface area contributed by atoms with Gasteiger partial charge in [0, 0.05) is 0 Å². The SMILES string of the molecule is CCc1nc2ccc(C(C)CC)cc2s1. The van der Waals surface area contributed by atoms with Gasteiger partial charge < -0.3 is 0 Å². The number of hydrogen-bond acceptors (Lipinski definition) is 2. The van der Waals surface area contributed by atoms with Gasteiger partial charge in [-0.25, -0.2) is 4.98 Å². The molecule has 1 heterocycles. The lowest BCUT2D eigenvalue weighted by Crippen LogP contribution is -1.89. The Labute approximate surface area is 95.2 Å². The van der Waals surface area contributed by atoms with E-state index in [0.29, 0.717) is 5.92 Å². The third-order valence-corrected chi connectivity index (χ3v) is 4.10. The number of rotatable bonds is 3. The van der Waals surface area contributed by atoms with Crippen LogP contribution in [0.15, 0.2) is 18.2 Å². The van der Waals surface area contributed by atoms with Crippen molar-refractivity contribution >= 4 is 21.6 Å². The summed E-state index contributed by atoms with van der Waals surface area (Å²) in [6.07, 6.45) is 2.24. The van der Waals surface area contributed by atoms with Crippen LogP contribution in [0.1, 0.15) is 43.7 Å². The first kappa shape index (κ1) is 10.6. The Balaban J connectivity index is 2.45. The summed E-state index contributed by atoms with van der Waals surface area (Å²) in [6.45, 7) is 6.68. The van der Waals surface area contributed by atoms with Crippen molar-refractivity contribution in [1.29, 1.82) is 0 Å². The molecule has 80 valence electrons. The quantitative estimate of drug-likeness (QED) is 0.747. The van der Waals surface area contributed by atoms with Crippen LogP contribution in [0.3, 0.4) is 0 Å². The van der Waals surface area contributed by atoms with Crippen LogP contribution in [0.2, 0.25) is 0 Å². The van der Waals surface area contributed by atoms with E-state index in [1.54, 1.807) is 0 Å². The number of benzene rings is 1. The minimum atomic E-state index is 0.654. The zero-order chi connectivity index (χ0) is 10.8. The van der Waals surface area contributed by atoms with Gasteiger partial charge in [0.2, 0.25) is 0 Å². The van der Waals surface area contributed by atoms with Crippen LogP contribution in [-0.2, 0) is 6.42 Å². The highest BCUT2D eigenvalue weighted by Crippen LogP contribution is 2.27. The highest BCUT2D eigenvalue weighted by Gasteiger charge is 2.06. The van der Waals surface area contributed by atoms with E-state index in [0.717, 1.165) is 11.9 Å². The first-order valence-electron chi connectivity index (χ1n) is 5.64. The molecular weight excluding hydrogens is 202 g/mol. The standard InChI is InChI=1S/C13H17NS/c1-4-9(3)10-6-7-11-12(8-10)15-13(5-2)14-11/h6-9H,4-5H2,1-3H3. The van der Waals surface area contributed by atoms with Crippen molar-refractivity contribution in [3.8, 4) is 0 Å². The lowest BCUT2D eigenvalue weighted by molar-refractivity contribution is 0.735. The summed E-state index contributed by atoms with van der Waals surface area (Å²) in [5, 5.41) is 1.24. The van der Waals surface area contributed by atoms with Crippen LogP contribution in [-0.4, -0.2) is 4.98 Å². The summed E-state index contributed by atoms with van der Waals surface area (Å²) in [6, 6.07) is 6.68. The fourth-order valence-electron chi connectivity index (χ4n) is 1.68. The minimum Gasteiger partial charge on any atom is -0.241 e. The van der Waals surface area contributed by atoms with Gasteiger partial charge in [0.1, 0.15) is 0 Å². The molecule has 0 spiro atoms. The lowest BCUT2D eigenvalue weighted by Gasteiger charge is -2.07. The Kier molecular flexibility index (Phi) is 3.06. The summed E-state index contributed by atoms with van der Waals surface area (Å²) in [7, 11) is 0. The summed E-state index contributed by atoms with van der Waals surface area (Å²) in [4.78, 5) is 4.58. The molecule has 1 aromatic heterocycles. The van der Waals surface area contributed by atoms with E-state index in [2.05, 4.69) is 44.0 Å². The maximum Gasteiger partial charge on any atom is 0.0935 e. The van der Waals surface area contributed by atoms with E-state index in [-0.39, 0.29) is 0 Å². The van der Waals surface area contributed by atoms with Gasteiger partial charge in [-0.15, -0.1) is 11.3 Å². The molecule has 0 bridgehead atoms. The maximum atomic E-state index is 4.58. The molecule has 2 heteroatoms. The van der Waals surface area contributed by atoms with Crippen LogP contribution in [0.25, 0.3) is 10.2 Å². The van der Waals surface area contributed by atoms with Crippen LogP contribution in [0.4, 0.5) is 0 Å². The average molecular weight is 219 g/mol. The Bertz CT molecular complexity index is 459. The van der Waals surface area contributed by atoms with Crippen LogP contribution in [0.5, 0.6) is 0 Å². The first-order chi connectivity index (χ1) is 7.24. The molecule has 1 unspecified atom stereocenters. The Morgan fingerprint density at radius 1 is 1.33 bits per heavy atom. The number of aryl methyl sites for hydroxylation is 1. The first-order valence-corrected chi connectivity index (χ1v) is 6.45. The van der Waals surface area contributed by atoms with Crippen LogP contribution in [0, 0.1) is 0 Å². The zero-order valence-corrected chi connectivity index (χ0v) is 10.4. The van der Waals surface area contributed by atoms with E-state index in [9.17, 15) is 0 Å². The van der Waals surface area contributed by atoms with E-state index in [1.165, 1.54) is 21.7 Å². The van der Waals surface area contributed by atoms with E-state index < -0.39 is 0 Å². The van der Waals surface area contributed by atoms with Gasteiger partial charge in [0.05, 0.1) is 15.2 Å². The summed E-state index contributed by atoms with van der Waals surface area (Å²) in [5.74, 6) is 0.654. The van der Waals surface area contributed by atoms with Crippen molar-refractivity contribution in [3.05, 3.63) is 28.8 Å². The van der Waals surface area contributed by atoms with Gasteiger partial charge in [-0.3, -0.25) is 0 Å². The number of nitrogens with zero attached hydrogens (tertiary/aromatic N) is 1. The second-order valence-electron chi connectivity index (χ2n) is 4.00. The van der Waals surface area contributed by atoms with Crippen molar-refractivity contribution < 1.29 is 0 Å². The molecule has 0 aliphatic rings. The molecule has 15 heavy (non-hydrogen) atoms. The molecular formula is C13H17NS. The van der Waals surface area contributed by atoms with E-state index >= 15 is 0 Å². The molecule has 1 atom stereocenters. The highest BCUT2D eigenvalue weighted by atomic mass is 32.1. The smallest absolute Gasteiger partial charge is 0.0935 e. The topological polar surface area (TPSA) is 12.9 Å². The fourth-order valence-corrected chi connectivity index (χ4v) is 2.64. The molecule has 0 amide bonds. The van der Waals surface area contributed by atoms with E-state index in [4.69, 9.17) is 0 Å². The number of aromatic nitrogens is 1. The second kappa shape index (κ2) is 4.31. The van der Waals surface area contributed by atoms with Gasteiger partial charge >= 0.3 is 0 Å². The fraction of sp³-hybridized carbons (Fsp3) is 0.462. The molecule has 0 radical (unpaired) electrons. The predicted octanol–water partition coefficient (Wildman–Crippen LogP) is 4.37. The Hall–Kier alpha value is -0.890. The molecule has 2 rings (SSSR count). The molecule has 0 aliphatic carbocycles. The molecule has 0 fully saturated rings. The maximum absolute atomic E-state index is 4.58. The minimum absolute atomic E-state index is 0.654. The van der Waals surface area contributed by atoms with Gasteiger partial charge in [-0.1, -0.05) is 26.8 Å². The molecule has 2 aromatic rings. The molecule has 0 aliphatic heterocycles. The van der Waals surface area contributed by atoms with Gasteiger partial charge in [0.15, 0.2) is 0 Å². The van der Waals surface area contributed by atoms with Gasteiger partial charge in [-0.2, -0.15) is 0 Å². The third kappa shape index (κ3) is 2.05. The molecule has 0 saturated heterocycles. The number of fused-ring (bicyclic) bond motifs is 1. The summed E-state index contributed by atoms with van der Waals surface area (Å²) < 4.78 is 1.34. The van der Waals surface area contributed by atoms with Crippen LogP contribution >= 0.6 is 11.3 Å². The normalized spacial score (nSPS) is 13.3. The molecule has 1 aromatic carbocycles. The van der Waals surface area contributed by atoms with Gasteiger partial charge in [-0.05, 0) is 36.5 Å². The molecule has 0 N–H and O–H groups in total. The second-order valence-corrected chi connectivity index (χ2v) is 5.11. The van der Waals surface area contributed by atoms with E-state index in [1.807, 2.05) is 11.3 Å². The molecule has 1 nitrogen and oxygen atoms in total. The largest absolute Gasteiger partial charge is 0.241 e. The monoisotopic (exact) mass is 219 g/mol. The lowest BCUT2D eigenvalue weighted by atomic mass is 9.99. The zero-order valence-electron chi connectivity index (χ0n) is 9.58. The van der Waals surface area contributed by atoms with Crippen LogP contribution < -0.4 is 0 Å². The summed E-state index contributed by atoms with van der Waals surface area (Å²) >= 11 is 1.83. The molecule has 0 saturated carbocycles. The van der Waals surface area contributed by atoms with Crippen molar-refractivity contribution in [3.63, 3.8) is 0 Å². The third-order valence-electron chi connectivity index (χ3n) is 2.94. The number of hydrogen-bond donors (Lipinski definition) is 0. The van der Waals surface area contributed by atoms with Crippen molar-refractivity contribution in [2.45, 2.75) is 39.5 Å².